The third-order valence-corrected chi connectivity index (χ3v) is 5.83. The highest BCUT2D eigenvalue weighted by Gasteiger charge is 2.37. The van der Waals surface area contributed by atoms with Crippen molar-refractivity contribution in [3.8, 4) is 5.75 Å². The zero-order chi connectivity index (χ0) is 17.0. The molecule has 0 saturated heterocycles. The first-order chi connectivity index (χ1) is 11.6. The number of aliphatic hydroxyl groups is 1. The van der Waals surface area contributed by atoms with Crippen LogP contribution in [0.5, 0.6) is 5.75 Å². The van der Waals surface area contributed by atoms with Gasteiger partial charge in [0, 0.05) is 30.0 Å². The Morgan fingerprint density at radius 1 is 1.38 bits per heavy atom. The molecule has 1 aromatic heterocycles. The molecule has 1 aromatic carbocycles. The number of aryl methyl sites for hydroxylation is 1. The smallest absolute Gasteiger partial charge is 0.140 e. The van der Waals surface area contributed by atoms with E-state index in [2.05, 4.69) is 29.5 Å². The summed E-state index contributed by atoms with van der Waals surface area (Å²) in [6, 6.07) is 8.44. The average molecular weight is 346 g/mol. The third-order valence-electron chi connectivity index (χ3n) is 4.96. The number of hydrogen-bond donors (Lipinski definition) is 2. The number of aromatic nitrogens is 1. The Balaban J connectivity index is 1.49. The minimum absolute atomic E-state index is 0.00734. The monoisotopic (exact) mass is 346 g/mol. The van der Waals surface area contributed by atoms with Gasteiger partial charge in [-0.25, -0.2) is 4.98 Å². The Morgan fingerprint density at radius 3 is 2.92 bits per heavy atom. The molecule has 130 valence electrons. The molecule has 2 unspecified atom stereocenters. The number of ether oxygens (including phenoxy) is 1. The van der Waals surface area contributed by atoms with Crippen LogP contribution < -0.4 is 10.1 Å². The number of benzene rings is 1. The molecular weight excluding hydrogens is 320 g/mol. The lowest BCUT2D eigenvalue weighted by atomic mass is 9.86. The van der Waals surface area contributed by atoms with Gasteiger partial charge in [-0.2, -0.15) is 0 Å². The summed E-state index contributed by atoms with van der Waals surface area (Å²) in [5.41, 5.74) is 2.29. The van der Waals surface area contributed by atoms with Gasteiger partial charge in [0.05, 0.1) is 5.69 Å². The van der Waals surface area contributed by atoms with Crippen LogP contribution in [0.2, 0.25) is 0 Å². The fourth-order valence-corrected chi connectivity index (χ4v) is 3.98. The van der Waals surface area contributed by atoms with E-state index in [0.29, 0.717) is 12.6 Å². The van der Waals surface area contributed by atoms with Crippen molar-refractivity contribution in [1.29, 1.82) is 0 Å². The lowest BCUT2D eigenvalue weighted by Gasteiger charge is -2.30. The van der Waals surface area contributed by atoms with Crippen LogP contribution in [0, 0.1) is 12.3 Å². The van der Waals surface area contributed by atoms with Gasteiger partial charge in [0.15, 0.2) is 0 Å². The van der Waals surface area contributed by atoms with Crippen LogP contribution in [0.15, 0.2) is 29.6 Å². The van der Waals surface area contributed by atoms with Crippen molar-refractivity contribution < 1.29 is 9.84 Å². The second-order valence-electron chi connectivity index (χ2n) is 6.97. The van der Waals surface area contributed by atoms with Gasteiger partial charge < -0.3 is 15.2 Å². The molecular formula is C19H26N2O2S. The Kier molecular flexibility index (Phi) is 5.54. The minimum atomic E-state index is 0.00734. The molecule has 1 aliphatic rings. The maximum atomic E-state index is 9.62. The summed E-state index contributed by atoms with van der Waals surface area (Å²) in [4.78, 5) is 4.65. The summed E-state index contributed by atoms with van der Waals surface area (Å²) in [6.45, 7) is 5.74. The van der Waals surface area contributed by atoms with E-state index in [9.17, 15) is 5.11 Å². The number of hydrogen-bond acceptors (Lipinski definition) is 5. The third kappa shape index (κ3) is 4.15. The molecule has 0 amide bonds. The second-order valence-corrected chi connectivity index (χ2v) is 7.91. The van der Waals surface area contributed by atoms with Crippen molar-refractivity contribution in [2.75, 3.05) is 6.61 Å². The fourth-order valence-electron chi connectivity index (χ4n) is 3.27. The van der Waals surface area contributed by atoms with E-state index in [1.807, 2.05) is 24.3 Å². The average Bonchev–Trinajstić information content (AvgIpc) is 3.19. The number of nitrogens with zero attached hydrogens (tertiary/aromatic N) is 1. The molecule has 5 heteroatoms. The quantitative estimate of drug-likeness (QED) is 0.803. The summed E-state index contributed by atoms with van der Waals surface area (Å²) in [5.74, 6) is 0.875. The van der Waals surface area contributed by atoms with Gasteiger partial charge in [0.1, 0.15) is 17.4 Å². The van der Waals surface area contributed by atoms with Crippen molar-refractivity contribution in [2.45, 2.75) is 52.3 Å². The largest absolute Gasteiger partial charge is 0.486 e. The van der Waals surface area contributed by atoms with Crippen molar-refractivity contribution >= 4 is 11.3 Å². The molecule has 0 spiro atoms. The highest BCUT2D eigenvalue weighted by atomic mass is 32.1. The van der Waals surface area contributed by atoms with Crippen molar-refractivity contribution in [3.63, 3.8) is 0 Å². The SMILES string of the molecule is Cc1ccc(OCc2nc(CNC3CCCC3(C)CO)cs2)cc1. The van der Waals surface area contributed by atoms with Crippen molar-refractivity contribution in [1.82, 2.24) is 10.3 Å². The van der Waals surface area contributed by atoms with Gasteiger partial charge in [-0.05, 0) is 31.9 Å². The van der Waals surface area contributed by atoms with Crippen LogP contribution >= 0.6 is 11.3 Å². The molecule has 1 heterocycles. The van der Waals surface area contributed by atoms with E-state index in [0.717, 1.165) is 35.8 Å². The van der Waals surface area contributed by atoms with E-state index >= 15 is 0 Å². The number of nitrogens with one attached hydrogen (secondary N) is 1. The number of rotatable bonds is 7. The lowest BCUT2D eigenvalue weighted by molar-refractivity contribution is 0.118. The van der Waals surface area contributed by atoms with E-state index < -0.39 is 0 Å². The molecule has 2 aromatic rings. The van der Waals surface area contributed by atoms with E-state index in [1.165, 1.54) is 12.0 Å². The van der Waals surface area contributed by atoms with Gasteiger partial charge in [-0.1, -0.05) is 31.0 Å². The standard InChI is InChI=1S/C19H26N2O2S/c1-14-5-7-16(8-6-14)23-11-18-21-15(12-24-18)10-20-17-4-3-9-19(17,2)13-22/h5-8,12,17,20,22H,3-4,9-11,13H2,1-2H3. The predicted molar refractivity (Wildman–Crippen MR) is 97.3 cm³/mol. The number of thiazole rings is 1. The molecule has 3 rings (SSSR count). The number of aliphatic hydroxyl groups excluding tert-OH is 1. The van der Waals surface area contributed by atoms with E-state index in [-0.39, 0.29) is 12.0 Å². The first-order valence-electron chi connectivity index (χ1n) is 8.56. The zero-order valence-corrected chi connectivity index (χ0v) is 15.2. The molecule has 0 aliphatic heterocycles. The van der Waals surface area contributed by atoms with Gasteiger partial charge in [0.25, 0.3) is 0 Å². The first kappa shape index (κ1) is 17.4. The highest BCUT2D eigenvalue weighted by molar-refractivity contribution is 7.09. The molecule has 1 saturated carbocycles. The van der Waals surface area contributed by atoms with Crippen LogP contribution in [0.1, 0.15) is 42.5 Å². The summed E-state index contributed by atoms with van der Waals surface area (Å²) < 4.78 is 5.78. The zero-order valence-electron chi connectivity index (χ0n) is 14.4. The molecule has 1 fully saturated rings. The topological polar surface area (TPSA) is 54.4 Å². The second kappa shape index (κ2) is 7.64. The van der Waals surface area contributed by atoms with Crippen LogP contribution in [0.4, 0.5) is 0 Å². The molecule has 0 radical (unpaired) electrons. The maximum absolute atomic E-state index is 9.62. The molecule has 2 atom stereocenters. The first-order valence-corrected chi connectivity index (χ1v) is 9.44. The van der Waals surface area contributed by atoms with Crippen LogP contribution in [0.3, 0.4) is 0 Å². The van der Waals surface area contributed by atoms with Crippen LogP contribution in [-0.4, -0.2) is 22.7 Å². The summed E-state index contributed by atoms with van der Waals surface area (Å²) in [7, 11) is 0. The Bertz CT molecular complexity index is 656. The normalized spacial score (nSPS) is 23.5. The Morgan fingerprint density at radius 2 is 2.17 bits per heavy atom. The summed E-state index contributed by atoms with van der Waals surface area (Å²) in [6.07, 6.45) is 3.40. The van der Waals surface area contributed by atoms with Crippen LogP contribution in [0.25, 0.3) is 0 Å². The van der Waals surface area contributed by atoms with Crippen molar-refractivity contribution in [3.05, 3.63) is 45.9 Å². The van der Waals surface area contributed by atoms with Crippen molar-refractivity contribution in [2.24, 2.45) is 5.41 Å². The van der Waals surface area contributed by atoms with Crippen LogP contribution in [-0.2, 0) is 13.2 Å². The summed E-state index contributed by atoms with van der Waals surface area (Å²) >= 11 is 1.63. The Labute approximate surface area is 147 Å². The fraction of sp³-hybridized carbons (Fsp3) is 0.526. The van der Waals surface area contributed by atoms with E-state index in [4.69, 9.17) is 4.74 Å². The minimum Gasteiger partial charge on any atom is -0.486 e. The predicted octanol–water partition coefficient (Wildman–Crippen LogP) is 3.67. The van der Waals surface area contributed by atoms with E-state index in [1.54, 1.807) is 11.3 Å². The van der Waals surface area contributed by atoms with Gasteiger partial charge in [-0.15, -0.1) is 11.3 Å². The lowest BCUT2D eigenvalue weighted by Crippen LogP contribution is -2.41. The van der Waals surface area contributed by atoms with Gasteiger partial charge in [-0.3, -0.25) is 0 Å². The maximum Gasteiger partial charge on any atom is 0.140 e. The molecule has 0 bridgehead atoms. The Hall–Kier alpha value is -1.43. The molecule has 4 nitrogen and oxygen atoms in total. The molecule has 24 heavy (non-hydrogen) atoms. The molecule has 1 aliphatic carbocycles. The highest BCUT2D eigenvalue weighted by Crippen LogP contribution is 2.37. The molecule has 2 N–H and O–H groups in total. The van der Waals surface area contributed by atoms with Gasteiger partial charge >= 0.3 is 0 Å². The summed E-state index contributed by atoms with van der Waals surface area (Å²) in [5, 5.41) is 16.3. The van der Waals surface area contributed by atoms with Gasteiger partial charge in [0.2, 0.25) is 0 Å².